The Bertz CT molecular complexity index is 1020. The molecule has 2 unspecified atom stereocenters. The van der Waals surface area contributed by atoms with Gasteiger partial charge in [0.25, 0.3) is 0 Å². The summed E-state index contributed by atoms with van der Waals surface area (Å²) in [5.74, 6) is -0.120. The van der Waals surface area contributed by atoms with Crippen LogP contribution in [0.1, 0.15) is 22.2 Å². The van der Waals surface area contributed by atoms with Crippen LogP contribution in [0.2, 0.25) is 0 Å². The third kappa shape index (κ3) is 5.53. The molecule has 2 atom stereocenters. The summed E-state index contributed by atoms with van der Waals surface area (Å²) in [6.07, 6.45) is 2.66. The molecule has 0 aliphatic rings. The highest BCUT2D eigenvalue weighted by molar-refractivity contribution is 7.79. The number of benzene rings is 1. The van der Waals surface area contributed by atoms with Crippen molar-refractivity contribution in [1.29, 1.82) is 0 Å². The Morgan fingerprint density at radius 3 is 2.83 bits per heavy atom. The van der Waals surface area contributed by atoms with Crippen molar-refractivity contribution in [3.63, 3.8) is 0 Å². The number of ether oxygens (including phenoxy) is 1. The van der Waals surface area contributed by atoms with Gasteiger partial charge in [0.2, 0.25) is 5.88 Å². The van der Waals surface area contributed by atoms with E-state index < -0.39 is 22.4 Å². The highest BCUT2D eigenvalue weighted by Crippen LogP contribution is 2.29. The number of anilines is 1. The van der Waals surface area contributed by atoms with Gasteiger partial charge in [-0.2, -0.15) is 0 Å². The largest absolute Gasteiger partial charge is 0.480 e. The lowest BCUT2D eigenvalue weighted by Crippen LogP contribution is -2.28. The molecule has 0 radical (unpaired) electrons. The van der Waals surface area contributed by atoms with Crippen LogP contribution >= 0.6 is 11.3 Å². The minimum Gasteiger partial charge on any atom is -0.480 e. The number of aromatic nitrogens is 3. The molecule has 2 heterocycles. The number of hydrogen-bond acceptors (Lipinski definition) is 7. The Labute approximate surface area is 171 Å². The van der Waals surface area contributed by atoms with E-state index in [-0.39, 0.29) is 34.8 Å². The molecule has 3 rings (SSSR count). The second-order valence-electron chi connectivity index (χ2n) is 5.65. The smallest absolute Gasteiger partial charge is 0.321 e. The van der Waals surface area contributed by atoms with Gasteiger partial charge in [0.05, 0.1) is 30.9 Å². The first kappa shape index (κ1) is 20.8. The molecular weight excluding hydrogens is 421 g/mol. The Morgan fingerprint density at radius 1 is 1.34 bits per heavy atom. The fraction of sp³-hybridized carbons (Fsp3) is 0.176. The molecule has 0 saturated heterocycles. The van der Waals surface area contributed by atoms with Crippen LogP contribution in [0.25, 0.3) is 0 Å². The van der Waals surface area contributed by atoms with Crippen LogP contribution in [0.5, 0.6) is 5.88 Å². The number of thiazole rings is 1. The summed E-state index contributed by atoms with van der Waals surface area (Å²) in [4.78, 5) is 24.3. The molecule has 152 valence electrons. The molecule has 0 fully saturated rings. The number of amides is 2. The lowest BCUT2D eigenvalue weighted by atomic mass is 10.2. The summed E-state index contributed by atoms with van der Waals surface area (Å²) < 4.78 is 39.6. The maximum Gasteiger partial charge on any atom is 0.321 e. The topological polar surface area (TPSA) is 126 Å². The van der Waals surface area contributed by atoms with Crippen molar-refractivity contribution in [3.8, 4) is 5.88 Å². The number of rotatable bonds is 7. The molecule has 0 bridgehead atoms. The zero-order valence-electron chi connectivity index (χ0n) is 15.0. The Kier molecular flexibility index (Phi) is 6.80. The van der Waals surface area contributed by atoms with Crippen LogP contribution in [0.15, 0.2) is 42.0 Å². The minimum atomic E-state index is -2.31. The van der Waals surface area contributed by atoms with E-state index in [0.717, 1.165) is 11.3 Å². The molecule has 0 aliphatic heterocycles. The Balaban J connectivity index is 1.66. The van der Waals surface area contributed by atoms with Crippen LogP contribution in [-0.2, 0) is 17.6 Å². The van der Waals surface area contributed by atoms with Gasteiger partial charge in [0.1, 0.15) is 11.1 Å². The van der Waals surface area contributed by atoms with Gasteiger partial charge in [0, 0.05) is 11.9 Å². The molecule has 0 spiro atoms. The van der Waals surface area contributed by atoms with Crippen molar-refractivity contribution in [3.05, 3.63) is 64.8 Å². The summed E-state index contributed by atoms with van der Waals surface area (Å²) >= 11 is -1.22. The van der Waals surface area contributed by atoms with Crippen molar-refractivity contribution in [2.24, 2.45) is 0 Å². The van der Waals surface area contributed by atoms with E-state index in [0.29, 0.717) is 5.56 Å². The number of urea groups is 1. The van der Waals surface area contributed by atoms with E-state index in [1.54, 1.807) is 17.5 Å². The van der Waals surface area contributed by atoms with Crippen LogP contribution in [0, 0.1) is 5.82 Å². The number of halogens is 1. The number of hydrogen-bond donors (Lipinski definition) is 3. The number of methoxy groups -OCH3 is 1. The fourth-order valence-corrected chi connectivity index (χ4v) is 3.83. The summed E-state index contributed by atoms with van der Waals surface area (Å²) in [6, 6.07) is 5.33. The normalized spacial score (nSPS) is 12.8. The van der Waals surface area contributed by atoms with Crippen LogP contribution in [0.4, 0.5) is 14.3 Å². The zero-order valence-corrected chi connectivity index (χ0v) is 16.7. The number of carbonyl (C=O) groups excluding carboxylic acids is 1. The van der Waals surface area contributed by atoms with Crippen molar-refractivity contribution >= 4 is 33.6 Å². The van der Waals surface area contributed by atoms with E-state index in [4.69, 9.17) is 4.74 Å². The molecule has 0 saturated carbocycles. The van der Waals surface area contributed by atoms with Gasteiger partial charge in [-0.15, -0.1) is 11.3 Å². The fourth-order valence-electron chi connectivity index (χ4n) is 2.36. The zero-order chi connectivity index (χ0) is 20.8. The first-order chi connectivity index (χ1) is 14.0. The molecular formula is C17H16FN5O4S2. The van der Waals surface area contributed by atoms with Crippen LogP contribution in [0.3, 0.4) is 0 Å². The summed E-state index contributed by atoms with van der Waals surface area (Å²) in [5.41, 5.74) is 1.10. The quantitative estimate of drug-likeness (QED) is 0.485. The Morgan fingerprint density at radius 2 is 2.17 bits per heavy atom. The maximum absolute atomic E-state index is 13.2. The molecule has 1 aromatic carbocycles. The maximum atomic E-state index is 13.2. The van der Waals surface area contributed by atoms with E-state index in [1.807, 2.05) is 0 Å². The van der Waals surface area contributed by atoms with Gasteiger partial charge < -0.3 is 14.6 Å². The molecule has 29 heavy (non-hydrogen) atoms. The predicted octanol–water partition coefficient (Wildman–Crippen LogP) is 2.71. The first-order valence-corrected chi connectivity index (χ1v) is 10.2. The molecule has 3 N–H and O–H groups in total. The lowest BCUT2D eigenvalue weighted by Gasteiger charge is -2.10. The second-order valence-corrected chi connectivity index (χ2v) is 7.54. The van der Waals surface area contributed by atoms with Crippen molar-refractivity contribution < 1.29 is 22.7 Å². The first-order valence-electron chi connectivity index (χ1n) is 8.16. The molecule has 2 aromatic heterocycles. The molecule has 12 heteroatoms. The van der Waals surface area contributed by atoms with E-state index >= 15 is 0 Å². The molecule has 9 nitrogen and oxygen atoms in total. The molecule has 0 aliphatic carbocycles. The number of carbonyl (C=O) groups is 1. The van der Waals surface area contributed by atoms with Gasteiger partial charge in [-0.3, -0.25) is 10.3 Å². The molecule has 2 amide bonds. The van der Waals surface area contributed by atoms with Crippen molar-refractivity contribution in [2.75, 3.05) is 12.4 Å². The summed E-state index contributed by atoms with van der Waals surface area (Å²) in [6.45, 7) is 0.131. The van der Waals surface area contributed by atoms with Gasteiger partial charge in [-0.25, -0.2) is 23.4 Å². The second kappa shape index (κ2) is 9.49. The van der Waals surface area contributed by atoms with Crippen molar-refractivity contribution in [2.45, 2.75) is 11.8 Å². The minimum absolute atomic E-state index is 0.131. The average molecular weight is 437 g/mol. The SMILES string of the molecule is COc1cnc(C(c2csc(NC(=O)NCc3cccc(F)c3)n2)S(=O)O)cn1. The van der Waals surface area contributed by atoms with E-state index in [2.05, 4.69) is 25.6 Å². The number of nitrogens with zero attached hydrogens (tertiary/aromatic N) is 3. The van der Waals surface area contributed by atoms with Gasteiger partial charge >= 0.3 is 6.03 Å². The summed E-state index contributed by atoms with van der Waals surface area (Å²) in [5, 5.41) is 5.87. The van der Waals surface area contributed by atoms with E-state index in [9.17, 15) is 17.9 Å². The molecule has 3 aromatic rings. The van der Waals surface area contributed by atoms with Gasteiger partial charge in [0.15, 0.2) is 16.2 Å². The third-order valence-corrected chi connectivity index (χ3v) is 5.34. The van der Waals surface area contributed by atoms with E-state index in [1.165, 1.54) is 31.6 Å². The standard InChI is InChI=1S/C17H16FN5O4S2/c1-27-14-8-19-12(7-20-14)15(29(25)26)13-9-28-17(22-13)23-16(24)21-6-10-3-2-4-11(18)5-10/h2-5,7-9,15H,6H2,1H3,(H,25,26)(H2,21,22,23,24). The lowest BCUT2D eigenvalue weighted by molar-refractivity contribution is 0.251. The Hall–Kier alpha value is -2.96. The van der Waals surface area contributed by atoms with Crippen LogP contribution < -0.4 is 15.4 Å². The highest BCUT2D eigenvalue weighted by atomic mass is 32.2. The summed E-state index contributed by atoms with van der Waals surface area (Å²) in [7, 11) is 1.43. The number of nitrogens with one attached hydrogen (secondary N) is 2. The van der Waals surface area contributed by atoms with Gasteiger partial charge in [-0.05, 0) is 17.7 Å². The third-order valence-electron chi connectivity index (χ3n) is 3.68. The predicted molar refractivity (Wildman–Crippen MR) is 106 cm³/mol. The van der Waals surface area contributed by atoms with Crippen molar-refractivity contribution in [1.82, 2.24) is 20.3 Å². The average Bonchev–Trinajstić information content (AvgIpc) is 3.14. The monoisotopic (exact) mass is 437 g/mol. The highest BCUT2D eigenvalue weighted by Gasteiger charge is 2.25. The van der Waals surface area contributed by atoms with Gasteiger partial charge in [-0.1, -0.05) is 12.1 Å². The van der Waals surface area contributed by atoms with Crippen LogP contribution in [-0.4, -0.2) is 36.9 Å².